The highest BCUT2D eigenvalue weighted by molar-refractivity contribution is 5.78. The van der Waals surface area contributed by atoms with Crippen molar-refractivity contribution >= 4 is 11.5 Å². The monoisotopic (exact) mass is 248 g/mol. The molecule has 0 aliphatic rings. The fourth-order valence-corrected chi connectivity index (χ4v) is 1.52. The summed E-state index contributed by atoms with van der Waals surface area (Å²) in [6.07, 6.45) is 0.849. The zero-order valence-electron chi connectivity index (χ0n) is 10.8. The first-order valence-electron chi connectivity index (χ1n) is 6.23. The van der Waals surface area contributed by atoms with Crippen LogP contribution >= 0.6 is 0 Å². The maximum atomic E-state index is 11.5. The smallest absolute Gasteiger partial charge is 0.335 e. The van der Waals surface area contributed by atoms with Crippen molar-refractivity contribution in [2.24, 2.45) is 0 Å². The van der Waals surface area contributed by atoms with Crippen LogP contribution in [-0.2, 0) is 9.53 Å². The molecule has 0 aliphatic heterocycles. The average molecular weight is 248 g/mol. The zero-order valence-corrected chi connectivity index (χ0v) is 10.8. The summed E-state index contributed by atoms with van der Waals surface area (Å²) in [5.41, 5.74) is 1.66. The van der Waals surface area contributed by atoms with Gasteiger partial charge in [0.05, 0.1) is 6.61 Å². The van der Waals surface area contributed by atoms with E-state index in [-0.39, 0.29) is 6.42 Å². The number of hydrogen-bond acceptors (Lipinski definition) is 3. The van der Waals surface area contributed by atoms with Crippen molar-refractivity contribution in [1.82, 2.24) is 0 Å². The molecule has 0 spiro atoms. The summed E-state index contributed by atoms with van der Waals surface area (Å²) in [5, 5.41) is 9.71. The van der Waals surface area contributed by atoms with Gasteiger partial charge in [0.15, 0.2) is 6.10 Å². The molecule has 0 fully saturated rings. The van der Waals surface area contributed by atoms with Crippen LogP contribution in [0.5, 0.6) is 0 Å². The average Bonchev–Trinajstić information content (AvgIpc) is 2.39. The molecule has 0 amide bonds. The summed E-state index contributed by atoms with van der Waals surface area (Å²) in [4.78, 5) is 11.5. The van der Waals surface area contributed by atoms with E-state index in [1.54, 1.807) is 0 Å². The molecule has 1 rings (SSSR count). The van der Waals surface area contributed by atoms with E-state index < -0.39 is 12.1 Å². The molecular formula is C15H20O3. The Hall–Kier alpha value is -1.61. The molecule has 0 radical (unpaired) electrons. The molecule has 18 heavy (non-hydrogen) atoms. The minimum absolute atomic E-state index is 0.203. The van der Waals surface area contributed by atoms with Crippen LogP contribution in [0.15, 0.2) is 36.9 Å². The van der Waals surface area contributed by atoms with Crippen molar-refractivity contribution in [2.45, 2.75) is 32.3 Å². The number of unbranched alkanes of at least 4 members (excludes halogenated alkanes) is 1. The van der Waals surface area contributed by atoms with Gasteiger partial charge in [0, 0.05) is 6.42 Å². The third-order valence-electron chi connectivity index (χ3n) is 2.64. The normalized spacial score (nSPS) is 11.9. The Morgan fingerprint density at radius 3 is 2.67 bits per heavy atom. The van der Waals surface area contributed by atoms with Gasteiger partial charge in [-0.05, 0) is 17.6 Å². The topological polar surface area (TPSA) is 46.5 Å². The molecule has 1 N–H and O–H groups in total. The Labute approximate surface area is 108 Å². The van der Waals surface area contributed by atoms with Gasteiger partial charge in [0.1, 0.15) is 0 Å². The van der Waals surface area contributed by atoms with Gasteiger partial charge < -0.3 is 9.84 Å². The maximum Gasteiger partial charge on any atom is 0.335 e. The number of hydrogen-bond donors (Lipinski definition) is 1. The van der Waals surface area contributed by atoms with E-state index in [2.05, 4.69) is 6.58 Å². The van der Waals surface area contributed by atoms with Crippen molar-refractivity contribution in [1.29, 1.82) is 0 Å². The Morgan fingerprint density at radius 2 is 2.06 bits per heavy atom. The van der Waals surface area contributed by atoms with Gasteiger partial charge in [0.2, 0.25) is 0 Å². The summed E-state index contributed by atoms with van der Waals surface area (Å²) < 4.78 is 4.95. The van der Waals surface area contributed by atoms with Crippen LogP contribution in [0.4, 0.5) is 0 Å². The minimum atomic E-state index is -1.13. The van der Waals surface area contributed by atoms with Crippen molar-refractivity contribution in [3.63, 3.8) is 0 Å². The van der Waals surface area contributed by atoms with Crippen LogP contribution in [0.3, 0.4) is 0 Å². The molecule has 0 bridgehead atoms. The lowest BCUT2D eigenvalue weighted by atomic mass is 10.0. The van der Waals surface area contributed by atoms with E-state index in [1.165, 1.54) is 0 Å². The van der Waals surface area contributed by atoms with Gasteiger partial charge in [0.25, 0.3) is 0 Å². The first-order valence-corrected chi connectivity index (χ1v) is 6.23. The second-order valence-electron chi connectivity index (χ2n) is 4.21. The number of aliphatic hydroxyl groups is 1. The summed E-state index contributed by atoms with van der Waals surface area (Å²) in [5.74, 6) is -0.569. The van der Waals surface area contributed by atoms with Gasteiger partial charge in [-0.1, -0.05) is 50.3 Å². The van der Waals surface area contributed by atoms with Gasteiger partial charge in [-0.3, -0.25) is 0 Å². The molecule has 98 valence electrons. The maximum absolute atomic E-state index is 11.5. The summed E-state index contributed by atoms with van der Waals surface area (Å²) >= 11 is 0. The van der Waals surface area contributed by atoms with E-state index >= 15 is 0 Å². The third kappa shape index (κ3) is 4.72. The van der Waals surface area contributed by atoms with Crippen molar-refractivity contribution < 1.29 is 14.6 Å². The molecule has 0 saturated heterocycles. The molecule has 0 heterocycles. The van der Waals surface area contributed by atoms with E-state index in [0.717, 1.165) is 24.0 Å². The van der Waals surface area contributed by atoms with Gasteiger partial charge >= 0.3 is 5.97 Å². The van der Waals surface area contributed by atoms with E-state index in [1.807, 2.05) is 37.3 Å². The third-order valence-corrected chi connectivity index (χ3v) is 2.64. The van der Waals surface area contributed by atoms with Gasteiger partial charge in [-0.15, -0.1) is 0 Å². The Morgan fingerprint density at radius 1 is 1.39 bits per heavy atom. The van der Waals surface area contributed by atoms with Crippen LogP contribution < -0.4 is 0 Å². The fourth-order valence-electron chi connectivity index (χ4n) is 1.52. The van der Waals surface area contributed by atoms with E-state index in [0.29, 0.717) is 6.61 Å². The molecular weight excluding hydrogens is 228 g/mol. The van der Waals surface area contributed by atoms with Gasteiger partial charge in [-0.25, -0.2) is 4.79 Å². The van der Waals surface area contributed by atoms with Crippen molar-refractivity contribution in [3.05, 3.63) is 42.5 Å². The number of aliphatic hydroxyl groups excluding tert-OH is 1. The summed E-state index contributed by atoms with van der Waals surface area (Å²) in [6, 6.07) is 9.50. The quantitative estimate of drug-likeness (QED) is 0.596. The molecule has 1 aromatic carbocycles. The highest BCUT2D eigenvalue weighted by Gasteiger charge is 2.17. The molecule has 0 saturated carbocycles. The Bertz CT molecular complexity index is 384. The molecule has 0 aromatic heterocycles. The fraction of sp³-hybridized carbons (Fsp3) is 0.400. The van der Waals surface area contributed by atoms with Gasteiger partial charge in [-0.2, -0.15) is 0 Å². The van der Waals surface area contributed by atoms with Crippen molar-refractivity contribution in [3.8, 4) is 0 Å². The van der Waals surface area contributed by atoms with Crippen LogP contribution in [0.1, 0.15) is 31.7 Å². The number of carbonyl (C=O) groups excluding carboxylic acids is 1. The predicted molar refractivity (Wildman–Crippen MR) is 72.0 cm³/mol. The lowest BCUT2D eigenvalue weighted by Crippen LogP contribution is -2.23. The molecule has 0 aliphatic carbocycles. The van der Waals surface area contributed by atoms with Crippen LogP contribution in [-0.4, -0.2) is 23.8 Å². The highest BCUT2D eigenvalue weighted by Crippen LogP contribution is 2.17. The molecule has 3 heteroatoms. The SMILES string of the molecule is C=C(CC(O)C(=O)OCCCC)c1ccccc1. The summed E-state index contributed by atoms with van der Waals surface area (Å²) in [6.45, 7) is 6.26. The van der Waals surface area contributed by atoms with E-state index in [4.69, 9.17) is 4.74 Å². The Kier molecular flexibility index (Phi) is 6.15. The second-order valence-corrected chi connectivity index (χ2v) is 4.21. The minimum Gasteiger partial charge on any atom is -0.464 e. The standard InChI is InChI=1S/C15H20O3/c1-3-4-10-18-15(17)14(16)11-12(2)13-8-6-5-7-9-13/h5-9,14,16H,2-4,10-11H2,1H3. The van der Waals surface area contributed by atoms with Crippen LogP contribution in [0.2, 0.25) is 0 Å². The number of carbonyl (C=O) groups is 1. The first kappa shape index (κ1) is 14.5. The summed E-state index contributed by atoms with van der Waals surface area (Å²) in [7, 11) is 0. The molecule has 1 atom stereocenters. The Balaban J connectivity index is 2.42. The second kappa shape index (κ2) is 7.67. The number of benzene rings is 1. The number of rotatable bonds is 7. The first-order chi connectivity index (χ1) is 8.65. The highest BCUT2D eigenvalue weighted by atomic mass is 16.5. The van der Waals surface area contributed by atoms with Crippen LogP contribution in [0, 0.1) is 0 Å². The zero-order chi connectivity index (χ0) is 13.4. The van der Waals surface area contributed by atoms with Crippen molar-refractivity contribution in [2.75, 3.05) is 6.61 Å². The van der Waals surface area contributed by atoms with E-state index in [9.17, 15) is 9.90 Å². The van der Waals surface area contributed by atoms with Crippen LogP contribution in [0.25, 0.3) is 5.57 Å². The predicted octanol–water partition coefficient (Wildman–Crippen LogP) is 2.79. The lowest BCUT2D eigenvalue weighted by Gasteiger charge is -2.12. The molecule has 3 nitrogen and oxygen atoms in total. The number of ether oxygens (including phenoxy) is 1. The molecule has 1 unspecified atom stereocenters. The number of esters is 1. The molecule has 1 aromatic rings. The largest absolute Gasteiger partial charge is 0.464 e. The lowest BCUT2D eigenvalue weighted by molar-refractivity contribution is -0.153.